The van der Waals surface area contributed by atoms with Crippen LogP contribution in [0.2, 0.25) is 0 Å². The van der Waals surface area contributed by atoms with Crippen molar-refractivity contribution in [2.75, 3.05) is 37.7 Å². The smallest absolute Gasteiger partial charge is 0.256 e. The summed E-state index contributed by atoms with van der Waals surface area (Å²) < 4.78 is 5.47. The van der Waals surface area contributed by atoms with Crippen molar-refractivity contribution in [3.63, 3.8) is 0 Å². The van der Waals surface area contributed by atoms with Gasteiger partial charge in [-0.1, -0.05) is 25.5 Å². The SMILES string of the molecule is CCCCN(Cc1ccc(C)s1)C(=O)c1ccccc1N1CCOCC1. The van der Waals surface area contributed by atoms with E-state index >= 15 is 0 Å². The summed E-state index contributed by atoms with van der Waals surface area (Å²) in [4.78, 5) is 20.2. The van der Waals surface area contributed by atoms with Crippen LogP contribution in [0.5, 0.6) is 0 Å². The average molecular weight is 373 g/mol. The molecule has 0 spiro atoms. The number of aryl methyl sites for hydroxylation is 1. The van der Waals surface area contributed by atoms with Crippen molar-refractivity contribution in [3.05, 3.63) is 51.7 Å². The maximum absolute atomic E-state index is 13.4. The lowest BCUT2D eigenvalue weighted by atomic mass is 10.1. The van der Waals surface area contributed by atoms with Gasteiger partial charge >= 0.3 is 0 Å². The average Bonchev–Trinajstić information content (AvgIpc) is 3.10. The molecule has 2 aromatic rings. The van der Waals surface area contributed by atoms with E-state index in [0.29, 0.717) is 6.54 Å². The second kappa shape index (κ2) is 9.19. The molecule has 0 aliphatic carbocycles. The Bertz CT molecular complexity index is 722. The molecule has 1 aromatic heterocycles. The molecule has 3 rings (SSSR count). The molecule has 1 amide bonds. The van der Waals surface area contributed by atoms with Crippen LogP contribution in [0.15, 0.2) is 36.4 Å². The lowest BCUT2D eigenvalue weighted by Gasteiger charge is -2.31. The van der Waals surface area contributed by atoms with Gasteiger partial charge in [0.05, 0.1) is 25.3 Å². The molecule has 1 aliphatic heterocycles. The molecule has 0 unspecified atom stereocenters. The van der Waals surface area contributed by atoms with Crippen LogP contribution in [0.25, 0.3) is 0 Å². The first-order valence-corrected chi connectivity index (χ1v) is 10.3. The second-order valence-electron chi connectivity index (χ2n) is 6.71. The summed E-state index contributed by atoms with van der Waals surface area (Å²) in [5.74, 6) is 0.131. The van der Waals surface area contributed by atoms with Gasteiger partial charge in [-0.05, 0) is 37.6 Å². The van der Waals surface area contributed by atoms with Crippen molar-refractivity contribution in [1.29, 1.82) is 0 Å². The van der Waals surface area contributed by atoms with Crippen molar-refractivity contribution in [2.45, 2.75) is 33.2 Å². The first kappa shape index (κ1) is 18.9. The molecule has 0 bridgehead atoms. The van der Waals surface area contributed by atoms with Crippen molar-refractivity contribution in [2.24, 2.45) is 0 Å². The lowest BCUT2D eigenvalue weighted by Crippen LogP contribution is -2.38. The fourth-order valence-electron chi connectivity index (χ4n) is 3.26. The number of benzene rings is 1. The van der Waals surface area contributed by atoms with Crippen molar-refractivity contribution >= 4 is 22.9 Å². The van der Waals surface area contributed by atoms with E-state index in [4.69, 9.17) is 4.74 Å². The molecular weight excluding hydrogens is 344 g/mol. The van der Waals surface area contributed by atoms with Gasteiger partial charge in [-0.3, -0.25) is 4.79 Å². The highest BCUT2D eigenvalue weighted by Crippen LogP contribution is 2.25. The molecule has 1 fully saturated rings. The zero-order valence-electron chi connectivity index (χ0n) is 15.7. The van der Waals surface area contributed by atoms with E-state index < -0.39 is 0 Å². The maximum atomic E-state index is 13.4. The fraction of sp³-hybridized carbons (Fsp3) is 0.476. The van der Waals surface area contributed by atoms with Crippen LogP contribution in [0.1, 0.15) is 39.9 Å². The van der Waals surface area contributed by atoms with Gasteiger partial charge in [-0.15, -0.1) is 11.3 Å². The second-order valence-corrected chi connectivity index (χ2v) is 8.08. The molecule has 2 heterocycles. The van der Waals surface area contributed by atoms with Crippen LogP contribution in [-0.2, 0) is 11.3 Å². The number of carbonyl (C=O) groups is 1. The number of rotatable bonds is 7. The highest BCUT2D eigenvalue weighted by atomic mass is 32.1. The molecule has 4 nitrogen and oxygen atoms in total. The minimum atomic E-state index is 0.131. The third-order valence-corrected chi connectivity index (χ3v) is 5.68. The number of hydrogen-bond acceptors (Lipinski definition) is 4. The summed E-state index contributed by atoms with van der Waals surface area (Å²) in [6, 6.07) is 12.3. The summed E-state index contributed by atoms with van der Waals surface area (Å²) in [5.41, 5.74) is 1.84. The highest BCUT2D eigenvalue weighted by Gasteiger charge is 2.22. The van der Waals surface area contributed by atoms with Gasteiger partial charge in [0.2, 0.25) is 0 Å². The molecule has 26 heavy (non-hydrogen) atoms. The quantitative estimate of drug-likeness (QED) is 0.725. The Morgan fingerprint density at radius 2 is 1.96 bits per heavy atom. The van der Waals surface area contributed by atoms with Crippen molar-refractivity contribution in [3.8, 4) is 0 Å². The van der Waals surface area contributed by atoms with Crippen LogP contribution < -0.4 is 4.90 Å². The molecule has 0 saturated carbocycles. The molecule has 0 radical (unpaired) electrons. The Hall–Kier alpha value is -1.85. The number of morpholine rings is 1. The summed E-state index contributed by atoms with van der Waals surface area (Å²) in [6.07, 6.45) is 2.11. The number of amides is 1. The van der Waals surface area contributed by atoms with E-state index in [1.54, 1.807) is 11.3 Å². The number of anilines is 1. The first-order valence-electron chi connectivity index (χ1n) is 9.45. The molecule has 1 aliphatic rings. The van der Waals surface area contributed by atoms with E-state index in [1.165, 1.54) is 9.75 Å². The number of nitrogens with zero attached hydrogens (tertiary/aromatic N) is 2. The molecule has 1 saturated heterocycles. The van der Waals surface area contributed by atoms with Gasteiger partial charge in [0.1, 0.15) is 0 Å². The topological polar surface area (TPSA) is 32.8 Å². The molecule has 1 aromatic carbocycles. The third kappa shape index (κ3) is 4.65. The van der Waals surface area contributed by atoms with E-state index in [-0.39, 0.29) is 5.91 Å². The van der Waals surface area contributed by atoms with Crippen LogP contribution in [0.3, 0.4) is 0 Å². The van der Waals surface area contributed by atoms with Crippen molar-refractivity contribution in [1.82, 2.24) is 4.90 Å². The van der Waals surface area contributed by atoms with Crippen LogP contribution >= 0.6 is 11.3 Å². The lowest BCUT2D eigenvalue weighted by molar-refractivity contribution is 0.0742. The zero-order valence-corrected chi connectivity index (χ0v) is 16.6. The molecule has 0 atom stereocenters. The monoisotopic (exact) mass is 372 g/mol. The van der Waals surface area contributed by atoms with Crippen molar-refractivity contribution < 1.29 is 9.53 Å². The number of thiophene rings is 1. The molecule has 140 valence electrons. The largest absolute Gasteiger partial charge is 0.378 e. The van der Waals surface area contributed by atoms with Crippen LogP contribution in [0.4, 0.5) is 5.69 Å². The predicted octanol–water partition coefficient (Wildman–Crippen LogP) is 4.34. The van der Waals surface area contributed by atoms with E-state index in [2.05, 4.69) is 36.9 Å². The number of carbonyl (C=O) groups excluding carboxylic acids is 1. The van der Waals surface area contributed by atoms with Gasteiger partial charge < -0.3 is 14.5 Å². The first-order chi connectivity index (χ1) is 12.7. The Kier molecular flexibility index (Phi) is 6.69. The number of hydrogen-bond donors (Lipinski definition) is 0. The Balaban J connectivity index is 1.83. The molecular formula is C21H28N2O2S. The summed E-state index contributed by atoms with van der Waals surface area (Å²) in [6.45, 7) is 8.87. The van der Waals surface area contributed by atoms with Crippen LogP contribution in [-0.4, -0.2) is 43.7 Å². The predicted molar refractivity (Wildman–Crippen MR) is 108 cm³/mol. The van der Waals surface area contributed by atoms with E-state index in [0.717, 1.165) is 56.9 Å². The van der Waals surface area contributed by atoms with Gasteiger partial charge in [0.15, 0.2) is 0 Å². The maximum Gasteiger partial charge on any atom is 0.256 e. The minimum absolute atomic E-state index is 0.131. The summed E-state index contributed by atoms with van der Waals surface area (Å²) in [5, 5.41) is 0. The number of ether oxygens (including phenoxy) is 1. The Labute approximate surface area is 160 Å². The van der Waals surface area contributed by atoms with Gasteiger partial charge in [-0.25, -0.2) is 0 Å². The standard InChI is InChI=1S/C21H28N2O2S/c1-3-4-11-23(16-18-10-9-17(2)26-18)21(24)19-7-5-6-8-20(19)22-12-14-25-15-13-22/h5-10H,3-4,11-16H2,1-2H3. The normalized spacial score (nSPS) is 14.5. The zero-order chi connectivity index (χ0) is 18.4. The van der Waals surface area contributed by atoms with E-state index in [1.807, 2.05) is 23.1 Å². The van der Waals surface area contributed by atoms with Crippen LogP contribution in [0, 0.1) is 6.92 Å². The van der Waals surface area contributed by atoms with Gasteiger partial charge in [0, 0.05) is 35.1 Å². The minimum Gasteiger partial charge on any atom is -0.378 e. The Morgan fingerprint density at radius 3 is 2.65 bits per heavy atom. The highest BCUT2D eigenvalue weighted by molar-refractivity contribution is 7.11. The number of unbranched alkanes of at least 4 members (excludes halogenated alkanes) is 1. The summed E-state index contributed by atoms with van der Waals surface area (Å²) in [7, 11) is 0. The number of para-hydroxylation sites is 1. The fourth-order valence-corrected chi connectivity index (χ4v) is 4.17. The molecule has 0 N–H and O–H groups in total. The van der Waals surface area contributed by atoms with Gasteiger partial charge in [-0.2, -0.15) is 0 Å². The Morgan fingerprint density at radius 1 is 1.19 bits per heavy atom. The van der Waals surface area contributed by atoms with E-state index in [9.17, 15) is 4.79 Å². The molecule has 5 heteroatoms. The van der Waals surface area contributed by atoms with Gasteiger partial charge in [0.25, 0.3) is 5.91 Å². The third-order valence-electron chi connectivity index (χ3n) is 4.70. The summed E-state index contributed by atoms with van der Waals surface area (Å²) >= 11 is 1.77.